The molecule has 1 atom stereocenters. The highest BCUT2D eigenvalue weighted by Gasteiger charge is 2.31. The molecule has 0 aliphatic carbocycles. The van der Waals surface area contributed by atoms with Gasteiger partial charge >= 0.3 is 0 Å². The van der Waals surface area contributed by atoms with Gasteiger partial charge in [-0.1, -0.05) is 17.7 Å². The van der Waals surface area contributed by atoms with E-state index in [9.17, 15) is 14.0 Å². The zero-order chi connectivity index (χ0) is 14.0. The lowest BCUT2D eigenvalue weighted by molar-refractivity contribution is -0.148. The number of benzene rings is 1. The molecular weight excluding hydrogens is 271 g/mol. The maximum Gasteiger partial charge on any atom is 0.246 e. The molecule has 1 unspecified atom stereocenters. The van der Waals surface area contributed by atoms with Gasteiger partial charge in [0.1, 0.15) is 5.82 Å². The van der Waals surface area contributed by atoms with Gasteiger partial charge in [0, 0.05) is 30.6 Å². The number of piperidine rings is 1. The highest BCUT2D eigenvalue weighted by atomic mass is 35.5. The van der Waals surface area contributed by atoms with E-state index in [-0.39, 0.29) is 18.4 Å². The molecule has 1 aromatic rings. The van der Waals surface area contributed by atoms with Crippen LogP contribution in [0.4, 0.5) is 4.39 Å². The van der Waals surface area contributed by atoms with Crippen molar-refractivity contribution in [2.24, 2.45) is 0 Å². The van der Waals surface area contributed by atoms with Crippen molar-refractivity contribution in [2.45, 2.75) is 25.4 Å². The predicted molar refractivity (Wildman–Crippen MR) is 69.0 cm³/mol. The van der Waals surface area contributed by atoms with Crippen LogP contribution in [0.3, 0.4) is 0 Å². The summed E-state index contributed by atoms with van der Waals surface area (Å²) in [7, 11) is 1.46. The Morgan fingerprint density at radius 1 is 1.47 bits per heavy atom. The minimum absolute atomic E-state index is 0.180. The minimum atomic E-state index is -0.447. The molecule has 0 aromatic heterocycles. The van der Waals surface area contributed by atoms with Gasteiger partial charge in [0.05, 0.1) is 6.04 Å². The van der Waals surface area contributed by atoms with Crippen molar-refractivity contribution in [1.82, 2.24) is 10.2 Å². The molecule has 4 nitrogen and oxygen atoms in total. The summed E-state index contributed by atoms with van der Waals surface area (Å²) in [6, 6.07) is 3.96. The van der Waals surface area contributed by atoms with Crippen LogP contribution < -0.4 is 5.32 Å². The van der Waals surface area contributed by atoms with Crippen LogP contribution in [0.15, 0.2) is 18.2 Å². The van der Waals surface area contributed by atoms with Crippen LogP contribution in [0.5, 0.6) is 0 Å². The molecule has 0 saturated carbocycles. The third-order valence-electron chi connectivity index (χ3n) is 3.20. The number of hydrogen-bond donors (Lipinski definition) is 1. The number of halogens is 2. The van der Waals surface area contributed by atoms with Crippen molar-refractivity contribution in [3.05, 3.63) is 34.6 Å². The fourth-order valence-electron chi connectivity index (χ4n) is 2.00. The molecule has 2 rings (SSSR count). The van der Waals surface area contributed by atoms with Crippen molar-refractivity contribution in [3.63, 3.8) is 0 Å². The molecule has 0 radical (unpaired) electrons. The topological polar surface area (TPSA) is 49.4 Å². The van der Waals surface area contributed by atoms with Gasteiger partial charge in [-0.25, -0.2) is 4.39 Å². The van der Waals surface area contributed by atoms with Crippen LogP contribution in [-0.2, 0) is 16.1 Å². The normalized spacial score (nSPS) is 19.9. The monoisotopic (exact) mass is 284 g/mol. The summed E-state index contributed by atoms with van der Waals surface area (Å²) < 4.78 is 13.6. The van der Waals surface area contributed by atoms with Crippen LogP contribution in [0.2, 0.25) is 5.02 Å². The quantitative estimate of drug-likeness (QED) is 0.860. The summed E-state index contributed by atoms with van der Waals surface area (Å²) in [5.74, 6) is -0.862. The zero-order valence-corrected chi connectivity index (χ0v) is 11.2. The first kappa shape index (κ1) is 14.0. The Kier molecular flexibility index (Phi) is 4.17. The Morgan fingerprint density at radius 3 is 2.89 bits per heavy atom. The smallest absolute Gasteiger partial charge is 0.246 e. The molecule has 1 heterocycles. The number of likely N-dealkylation sites (N-methyl/N-ethyl adjacent to an activating group) is 1. The van der Waals surface area contributed by atoms with E-state index in [4.69, 9.17) is 11.6 Å². The number of rotatable bonds is 3. The molecule has 6 heteroatoms. The lowest BCUT2D eigenvalue weighted by Crippen LogP contribution is -2.51. The first-order valence-electron chi connectivity index (χ1n) is 5.96. The molecular formula is C13H14ClFN2O2. The summed E-state index contributed by atoms with van der Waals surface area (Å²) >= 11 is 5.67. The van der Waals surface area contributed by atoms with E-state index in [2.05, 4.69) is 5.32 Å². The van der Waals surface area contributed by atoms with Crippen LogP contribution in [0.25, 0.3) is 0 Å². The van der Waals surface area contributed by atoms with Crippen LogP contribution in [-0.4, -0.2) is 29.8 Å². The Bertz CT molecular complexity index is 521. The molecule has 102 valence electrons. The summed E-state index contributed by atoms with van der Waals surface area (Å²) in [4.78, 5) is 24.3. The van der Waals surface area contributed by atoms with Crippen molar-refractivity contribution >= 4 is 23.4 Å². The average molecular weight is 285 g/mol. The predicted octanol–water partition coefficient (Wildman–Crippen LogP) is 1.72. The summed E-state index contributed by atoms with van der Waals surface area (Å²) in [5, 5.41) is 3.31. The molecule has 0 bridgehead atoms. The van der Waals surface area contributed by atoms with Gasteiger partial charge in [-0.05, 0) is 18.6 Å². The second-order valence-electron chi connectivity index (χ2n) is 4.50. The van der Waals surface area contributed by atoms with Crippen molar-refractivity contribution < 1.29 is 14.0 Å². The van der Waals surface area contributed by atoms with E-state index in [1.807, 2.05) is 0 Å². The van der Waals surface area contributed by atoms with Gasteiger partial charge in [-0.3, -0.25) is 14.5 Å². The molecule has 1 aliphatic rings. The van der Waals surface area contributed by atoms with E-state index in [0.717, 1.165) is 4.90 Å². The summed E-state index contributed by atoms with van der Waals surface area (Å²) in [6.45, 7) is 0.224. The molecule has 2 amide bonds. The Balaban J connectivity index is 1.99. The third-order valence-corrected chi connectivity index (χ3v) is 3.44. The largest absolute Gasteiger partial charge is 0.302 e. The molecule has 0 spiro atoms. The Hall–Kier alpha value is -1.46. The van der Waals surface area contributed by atoms with E-state index < -0.39 is 11.9 Å². The van der Waals surface area contributed by atoms with Gasteiger partial charge < -0.3 is 5.32 Å². The number of amides is 2. The SMILES string of the molecule is CN1C(=O)CCC(NCc2ccc(Cl)cc2F)C1=O. The van der Waals surface area contributed by atoms with Crippen molar-refractivity contribution in [3.8, 4) is 0 Å². The first-order chi connectivity index (χ1) is 8.99. The van der Waals surface area contributed by atoms with Gasteiger partial charge in [-0.15, -0.1) is 0 Å². The minimum Gasteiger partial charge on any atom is -0.302 e. The fourth-order valence-corrected chi connectivity index (χ4v) is 2.16. The second kappa shape index (κ2) is 5.67. The summed E-state index contributed by atoms with van der Waals surface area (Å²) in [5.41, 5.74) is 0.441. The summed E-state index contributed by atoms with van der Waals surface area (Å²) in [6.07, 6.45) is 0.764. The molecule has 1 fully saturated rings. The number of carbonyl (C=O) groups excluding carboxylic acids is 2. The lowest BCUT2D eigenvalue weighted by atomic mass is 10.0. The van der Waals surface area contributed by atoms with Crippen LogP contribution in [0.1, 0.15) is 18.4 Å². The molecule has 1 saturated heterocycles. The first-order valence-corrected chi connectivity index (χ1v) is 6.34. The van der Waals surface area contributed by atoms with E-state index in [1.165, 1.54) is 13.1 Å². The van der Waals surface area contributed by atoms with E-state index >= 15 is 0 Å². The number of hydrogen-bond acceptors (Lipinski definition) is 3. The third kappa shape index (κ3) is 3.11. The lowest BCUT2D eigenvalue weighted by Gasteiger charge is -2.28. The maximum atomic E-state index is 13.6. The highest BCUT2D eigenvalue weighted by molar-refractivity contribution is 6.30. The Morgan fingerprint density at radius 2 is 2.21 bits per heavy atom. The molecule has 1 N–H and O–H groups in total. The van der Waals surface area contributed by atoms with Gasteiger partial charge in [0.2, 0.25) is 11.8 Å². The van der Waals surface area contributed by atoms with E-state index in [0.29, 0.717) is 23.4 Å². The number of nitrogens with zero attached hydrogens (tertiary/aromatic N) is 1. The van der Waals surface area contributed by atoms with Gasteiger partial charge in [0.15, 0.2) is 0 Å². The average Bonchev–Trinajstić information content (AvgIpc) is 2.37. The highest BCUT2D eigenvalue weighted by Crippen LogP contribution is 2.16. The fraction of sp³-hybridized carbons (Fsp3) is 0.385. The van der Waals surface area contributed by atoms with E-state index in [1.54, 1.807) is 12.1 Å². The maximum absolute atomic E-state index is 13.6. The van der Waals surface area contributed by atoms with Crippen LogP contribution >= 0.6 is 11.6 Å². The number of nitrogens with one attached hydrogen (secondary N) is 1. The standard InChI is InChI=1S/C13H14ClFN2O2/c1-17-12(18)5-4-11(13(17)19)16-7-8-2-3-9(14)6-10(8)15/h2-3,6,11,16H,4-5,7H2,1H3. The zero-order valence-electron chi connectivity index (χ0n) is 10.5. The van der Waals surface area contributed by atoms with Gasteiger partial charge in [0.25, 0.3) is 0 Å². The van der Waals surface area contributed by atoms with Crippen molar-refractivity contribution in [2.75, 3.05) is 7.05 Å². The molecule has 1 aliphatic heterocycles. The van der Waals surface area contributed by atoms with Gasteiger partial charge in [-0.2, -0.15) is 0 Å². The molecule has 1 aromatic carbocycles. The van der Waals surface area contributed by atoms with Crippen molar-refractivity contribution in [1.29, 1.82) is 0 Å². The van der Waals surface area contributed by atoms with Crippen LogP contribution in [0, 0.1) is 5.82 Å². The number of carbonyl (C=O) groups is 2. The Labute approximate surface area is 115 Å². The number of likely N-dealkylation sites (tertiary alicyclic amines) is 1. The molecule has 19 heavy (non-hydrogen) atoms. The number of imide groups is 1. The second-order valence-corrected chi connectivity index (χ2v) is 4.94.